The minimum Gasteiger partial charge on any atom is -0.491 e. The van der Waals surface area contributed by atoms with Crippen LogP contribution in [0.3, 0.4) is 0 Å². The number of hydrogen-bond acceptors (Lipinski definition) is 2. The second-order valence-corrected chi connectivity index (χ2v) is 2.91. The van der Waals surface area contributed by atoms with Crippen LogP contribution in [0.5, 0.6) is 5.75 Å². The summed E-state index contributed by atoms with van der Waals surface area (Å²) in [5.74, 6) is 0.875. The van der Waals surface area contributed by atoms with Crippen LogP contribution in [0.25, 0.3) is 5.57 Å². The lowest BCUT2D eigenvalue weighted by Crippen LogP contribution is -1.94. The molecule has 0 aliphatic carbocycles. The third-order valence-electron chi connectivity index (χ3n) is 1.99. The maximum atomic E-state index is 5.50. The number of ether oxygens (including phenoxy) is 1. The summed E-state index contributed by atoms with van der Waals surface area (Å²) in [6.45, 7) is 4.75. The van der Waals surface area contributed by atoms with Crippen LogP contribution in [-0.2, 0) is 0 Å². The molecule has 0 radical (unpaired) electrons. The van der Waals surface area contributed by atoms with E-state index in [2.05, 4.69) is 11.6 Å². The first-order valence-electron chi connectivity index (χ1n) is 4.14. The molecule has 62 valence electrons. The zero-order chi connectivity index (χ0) is 8.39. The first-order valence-corrected chi connectivity index (χ1v) is 4.14. The lowest BCUT2D eigenvalue weighted by atomic mass is 10.1. The van der Waals surface area contributed by atoms with Crippen LogP contribution in [-0.4, -0.2) is 11.6 Å². The van der Waals surface area contributed by atoms with E-state index in [1.807, 2.05) is 12.1 Å². The van der Waals surface area contributed by atoms with Crippen molar-refractivity contribution in [3.63, 3.8) is 0 Å². The van der Waals surface area contributed by atoms with E-state index in [4.69, 9.17) is 4.74 Å². The van der Waals surface area contributed by atoms with Gasteiger partial charge in [0.25, 0.3) is 0 Å². The quantitative estimate of drug-likeness (QED) is 0.582. The van der Waals surface area contributed by atoms with Gasteiger partial charge in [-0.3, -0.25) is 4.98 Å². The molecule has 1 aromatic heterocycles. The van der Waals surface area contributed by atoms with Gasteiger partial charge in [-0.15, -0.1) is 0 Å². The molecule has 12 heavy (non-hydrogen) atoms. The van der Waals surface area contributed by atoms with E-state index in [1.54, 1.807) is 6.20 Å². The van der Waals surface area contributed by atoms with Crippen molar-refractivity contribution in [3.8, 4) is 5.75 Å². The zero-order valence-corrected chi connectivity index (χ0v) is 6.92. The average Bonchev–Trinajstić information content (AvgIpc) is 2.29. The Hall–Kier alpha value is -1.31. The Balaban J connectivity index is 2.46. The first-order chi connectivity index (χ1) is 5.88. The van der Waals surface area contributed by atoms with E-state index in [-0.39, 0.29) is 0 Å². The monoisotopic (exact) mass is 161 g/mol. The molecule has 0 saturated heterocycles. The Morgan fingerprint density at radius 2 is 2.42 bits per heavy atom. The number of rotatable bonds is 0. The third-order valence-corrected chi connectivity index (χ3v) is 1.99. The van der Waals surface area contributed by atoms with Gasteiger partial charge in [0.05, 0.1) is 6.61 Å². The third kappa shape index (κ3) is 1.20. The van der Waals surface area contributed by atoms with Crippen molar-refractivity contribution in [2.45, 2.75) is 12.8 Å². The number of fused-ring (bicyclic) bond motifs is 1. The Bertz CT molecular complexity index is 306. The Labute approximate surface area is 71.9 Å². The van der Waals surface area contributed by atoms with Gasteiger partial charge in [0, 0.05) is 6.20 Å². The zero-order valence-electron chi connectivity index (χ0n) is 6.92. The van der Waals surface area contributed by atoms with Gasteiger partial charge in [-0.05, 0) is 30.5 Å². The molecular weight excluding hydrogens is 150 g/mol. The van der Waals surface area contributed by atoms with Crippen molar-refractivity contribution >= 4 is 5.57 Å². The van der Waals surface area contributed by atoms with Crippen molar-refractivity contribution in [2.75, 3.05) is 6.61 Å². The van der Waals surface area contributed by atoms with Crippen LogP contribution >= 0.6 is 0 Å². The highest BCUT2D eigenvalue weighted by atomic mass is 16.5. The minimum atomic E-state index is 0.776. The van der Waals surface area contributed by atoms with Crippen molar-refractivity contribution in [1.29, 1.82) is 0 Å². The lowest BCUT2D eigenvalue weighted by molar-refractivity contribution is 0.317. The van der Waals surface area contributed by atoms with Crippen LogP contribution in [0.4, 0.5) is 0 Å². The second kappa shape index (κ2) is 2.97. The summed E-state index contributed by atoms with van der Waals surface area (Å²) in [6, 6.07) is 3.83. The number of allylic oxidation sites excluding steroid dienone is 1. The summed E-state index contributed by atoms with van der Waals surface area (Å²) in [6.07, 6.45) is 3.80. The van der Waals surface area contributed by atoms with Crippen LogP contribution < -0.4 is 4.74 Å². The largest absolute Gasteiger partial charge is 0.491 e. The number of pyridine rings is 1. The fourth-order valence-electron chi connectivity index (χ4n) is 1.36. The molecule has 0 N–H and O–H groups in total. The van der Waals surface area contributed by atoms with E-state index in [1.165, 1.54) is 0 Å². The molecule has 2 heterocycles. The summed E-state index contributed by atoms with van der Waals surface area (Å²) in [5.41, 5.74) is 2.01. The van der Waals surface area contributed by atoms with Crippen molar-refractivity contribution in [1.82, 2.24) is 4.98 Å². The predicted octanol–water partition coefficient (Wildman–Crippen LogP) is 2.27. The van der Waals surface area contributed by atoms with Gasteiger partial charge >= 0.3 is 0 Å². The molecule has 1 aliphatic heterocycles. The molecule has 0 spiro atoms. The summed E-state index contributed by atoms with van der Waals surface area (Å²) in [4.78, 5) is 4.24. The van der Waals surface area contributed by atoms with Crippen LogP contribution in [0.2, 0.25) is 0 Å². The van der Waals surface area contributed by atoms with Crippen molar-refractivity contribution in [3.05, 3.63) is 30.6 Å². The van der Waals surface area contributed by atoms with Crippen LogP contribution in [0.15, 0.2) is 24.9 Å². The molecule has 0 bridgehead atoms. The fourth-order valence-corrected chi connectivity index (χ4v) is 1.36. The van der Waals surface area contributed by atoms with Gasteiger partial charge in [0.2, 0.25) is 0 Å². The smallest absolute Gasteiger partial charge is 0.145 e. The number of nitrogens with zero attached hydrogens (tertiary/aromatic N) is 1. The van der Waals surface area contributed by atoms with Crippen LogP contribution in [0, 0.1) is 0 Å². The summed E-state index contributed by atoms with van der Waals surface area (Å²) >= 11 is 0. The normalized spacial score (nSPS) is 16.2. The molecule has 0 aromatic carbocycles. The van der Waals surface area contributed by atoms with E-state index in [9.17, 15) is 0 Å². The topological polar surface area (TPSA) is 22.1 Å². The predicted molar refractivity (Wildman–Crippen MR) is 48.0 cm³/mol. The number of hydrogen-bond donors (Lipinski definition) is 0. The molecule has 2 rings (SSSR count). The highest BCUT2D eigenvalue weighted by Crippen LogP contribution is 2.28. The highest BCUT2D eigenvalue weighted by molar-refractivity contribution is 5.65. The molecule has 0 atom stereocenters. The maximum Gasteiger partial charge on any atom is 0.145 e. The molecule has 0 fully saturated rings. The van der Waals surface area contributed by atoms with Gasteiger partial charge in [0.15, 0.2) is 0 Å². The van der Waals surface area contributed by atoms with E-state index < -0.39 is 0 Å². The van der Waals surface area contributed by atoms with Gasteiger partial charge in [0.1, 0.15) is 11.4 Å². The average molecular weight is 161 g/mol. The van der Waals surface area contributed by atoms with Gasteiger partial charge in [-0.2, -0.15) is 0 Å². The Kier molecular flexibility index (Phi) is 1.82. The van der Waals surface area contributed by atoms with Gasteiger partial charge < -0.3 is 4.74 Å². The minimum absolute atomic E-state index is 0.776. The lowest BCUT2D eigenvalue weighted by Gasteiger charge is -2.04. The Morgan fingerprint density at radius 3 is 3.33 bits per heavy atom. The van der Waals surface area contributed by atoms with E-state index in [0.29, 0.717) is 0 Å². The molecule has 2 heteroatoms. The highest BCUT2D eigenvalue weighted by Gasteiger charge is 2.11. The van der Waals surface area contributed by atoms with Crippen molar-refractivity contribution in [2.24, 2.45) is 0 Å². The summed E-state index contributed by atoms with van der Waals surface area (Å²) in [7, 11) is 0. The summed E-state index contributed by atoms with van der Waals surface area (Å²) < 4.78 is 5.50. The Morgan fingerprint density at radius 1 is 1.50 bits per heavy atom. The summed E-state index contributed by atoms with van der Waals surface area (Å²) in [5, 5.41) is 0. The molecule has 2 nitrogen and oxygen atoms in total. The molecule has 1 aliphatic rings. The molecular formula is C10H11NO. The SMILES string of the molecule is C=C1CCCOc2cccnc21. The molecule has 1 aromatic rings. The molecule has 0 amide bonds. The van der Waals surface area contributed by atoms with E-state index in [0.717, 1.165) is 36.5 Å². The van der Waals surface area contributed by atoms with E-state index >= 15 is 0 Å². The van der Waals surface area contributed by atoms with Gasteiger partial charge in [-0.25, -0.2) is 0 Å². The van der Waals surface area contributed by atoms with Crippen LogP contribution in [0.1, 0.15) is 18.5 Å². The standard InChI is InChI=1S/C10H11NO/c1-8-4-3-7-12-9-5-2-6-11-10(8)9/h2,5-6H,1,3-4,7H2. The number of aromatic nitrogens is 1. The molecule has 0 unspecified atom stereocenters. The van der Waals surface area contributed by atoms with Crippen molar-refractivity contribution < 1.29 is 4.74 Å². The fraction of sp³-hybridized carbons (Fsp3) is 0.300. The first kappa shape index (κ1) is 7.35. The second-order valence-electron chi connectivity index (χ2n) is 2.91. The van der Waals surface area contributed by atoms with Gasteiger partial charge in [-0.1, -0.05) is 6.58 Å². The maximum absolute atomic E-state index is 5.50. The molecule has 0 saturated carbocycles.